The molecule has 124 valence electrons. The molecule has 0 unspecified atom stereocenters. The standard InChI is InChI=1S/C14H21F3N4O/c1-10(2)3-5-20-13(18)21-8-11-4-6-19-12(7-11)22-9-14(15,16)17/h4,6-7,10H,3,5,8-9H2,1-2H3,(H3,18,20,21). The fraction of sp³-hybridized carbons (Fsp3) is 0.571. The van der Waals surface area contributed by atoms with Gasteiger partial charge >= 0.3 is 6.18 Å². The molecule has 0 saturated heterocycles. The van der Waals surface area contributed by atoms with Gasteiger partial charge in [-0.05, 0) is 24.0 Å². The lowest BCUT2D eigenvalue weighted by atomic mass is 10.1. The number of hydrogen-bond acceptors (Lipinski definition) is 3. The Hall–Kier alpha value is -1.99. The van der Waals surface area contributed by atoms with Crippen LogP contribution in [0.4, 0.5) is 13.2 Å². The molecular formula is C14H21F3N4O. The van der Waals surface area contributed by atoms with Crippen LogP contribution in [-0.2, 0) is 6.54 Å². The van der Waals surface area contributed by atoms with Gasteiger partial charge in [-0.25, -0.2) is 9.98 Å². The van der Waals surface area contributed by atoms with Crippen LogP contribution in [0.2, 0.25) is 0 Å². The monoisotopic (exact) mass is 318 g/mol. The second kappa shape index (κ2) is 8.45. The Kier molecular flexibility index (Phi) is 6.94. The molecule has 0 saturated carbocycles. The molecule has 22 heavy (non-hydrogen) atoms. The lowest BCUT2D eigenvalue weighted by Crippen LogP contribution is -2.32. The summed E-state index contributed by atoms with van der Waals surface area (Å²) < 4.78 is 40.8. The number of halogens is 3. The molecule has 0 aliphatic heterocycles. The maximum atomic E-state index is 12.1. The van der Waals surface area contributed by atoms with Gasteiger partial charge in [-0.1, -0.05) is 13.8 Å². The lowest BCUT2D eigenvalue weighted by Gasteiger charge is -2.09. The largest absolute Gasteiger partial charge is 0.468 e. The summed E-state index contributed by atoms with van der Waals surface area (Å²) in [6, 6.07) is 3.06. The van der Waals surface area contributed by atoms with Crippen LogP contribution in [0, 0.1) is 5.92 Å². The molecule has 1 heterocycles. The molecule has 1 rings (SSSR count). The molecule has 0 radical (unpaired) electrons. The molecule has 0 fully saturated rings. The summed E-state index contributed by atoms with van der Waals surface area (Å²) in [5.74, 6) is 0.778. The summed E-state index contributed by atoms with van der Waals surface area (Å²) >= 11 is 0. The minimum atomic E-state index is -4.39. The highest BCUT2D eigenvalue weighted by atomic mass is 19.4. The molecule has 0 aliphatic carbocycles. The molecule has 0 aromatic carbocycles. The molecule has 0 bridgehead atoms. The van der Waals surface area contributed by atoms with Gasteiger partial charge in [0.2, 0.25) is 5.88 Å². The van der Waals surface area contributed by atoms with Crippen molar-refractivity contribution < 1.29 is 17.9 Å². The molecule has 0 amide bonds. The van der Waals surface area contributed by atoms with Gasteiger partial charge in [0.15, 0.2) is 12.6 Å². The number of hydrogen-bond donors (Lipinski definition) is 2. The van der Waals surface area contributed by atoms with Crippen molar-refractivity contribution in [3.8, 4) is 5.88 Å². The predicted molar refractivity (Wildman–Crippen MR) is 78.6 cm³/mol. The van der Waals surface area contributed by atoms with Crippen molar-refractivity contribution in [1.29, 1.82) is 0 Å². The van der Waals surface area contributed by atoms with Gasteiger partial charge in [0.1, 0.15) is 0 Å². The highest BCUT2D eigenvalue weighted by Crippen LogP contribution is 2.17. The number of nitrogens with zero attached hydrogens (tertiary/aromatic N) is 2. The summed E-state index contributed by atoms with van der Waals surface area (Å²) in [5, 5.41) is 2.98. The molecule has 1 aromatic heterocycles. The molecule has 8 heteroatoms. The van der Waals surface area contributed by atoms with Crippen LogP contribution in [0.15, 0.2) is 23.3 Å². The average molecular weight is 318 g/mol. The first kappa shape index (κ1) is 18.1. The quantitative estimate of drug-likeness (QED) is 0.598. The fourth-order valence-electron chi connectivity index (χ4n) is 1.50. The second-order valence-electron chi connectivity index (χ2n) is 5.22. The Bertz CT molecular complexity index is 489. The number of aliphatic imine (C=N–C) groups is 1. The normalized spacial score (nSPS) is 12.5. The molecular weight excluding hydrogens is 297 g/mol. The average Bonchev–Trinajstić information content (AvgIpc) is 2.42. The van der Waals surface area contributed by atoms with Gasteiger partial charge in [0.25, 0.3) is 0 Å². The van der Waals surface area contributed by atoms with E-state index in [0.29, 0.717) is 17.4 Å². The van der Waals surface area contributed by atoms with E-state index in [9.17, 15) is 13.2 Å². The zero-order chi connectivity index (χ0) is 16.6. The summed E-state index contributed by atoms with van der Waals surface area (Å²) in [7, 11) is 0. The van der Waals surface area contributed by atoms with Gasteiger partial charge in [0, 0.05) is 18.8 Å². The van der Waals surface area contributed by atoms with Gasteiger partial charge in [-0.15, -0.1) is 0 Å². The van der Waals surface area contributed by atoms with Crippen molar-refractivity contribution in [2.45, 2.75) is 33.0 Å². The van der Waals surface area contributed by atoms with E-state index in [1.165, 1.54) is 12.3 Å². The fourth-order valence-corrected chi connectivity index (χ4v) is 1.50. The van der Waals surface area contributed by atoms with Crippen molar-refractivity contribution >= 4 is 5.96 Å². The van der Waals surface area contributed by atoms with E-state index in [-0.39, 0.29) is 12.4 Å². The lowest BCUT2D eigenvalue weighted by molar-refractivity contribution is -0.154. The van der Waals surface area contributed by atoms with Crippen molar-refractivity contribution in [3.05, 3.63) is 23.9 Å². The number of guanidine groups is 1. The first-order valence-corrected chi connectivity index (χ1v) is 6.94. The Balaban J connectivity index is 2.48. The van der Waals surface area contributed by atoms with Crippen molar-refractivity contribution in [3.63, 3.8) is 0 Å². The topological polar surface area (TPSA) is 72.5 Å². The van der Waals surface area contributed by atoms with Gasteiger partial charge < -0.3 is 15.8 Å². The van der Waals surface area contributed by atoms with E-state index in [1.54, 1.807) is 6.07 Å². The van der Waals surface area contributed by atoms with Gasteiger partial charge in [-0.2, -0.15) is 13.2 Å². The smallest absolute Gasteiger partial charge is 0.422 e. The summed E-state index contributed by atoms with van der Waals surface area (Å²) in [6.45, 7) is 3.81. The SMILES string of the molecule is CC(C)CCNC(N)=NCc1ccnc(OCC(F)(F)F)c1. The highest BCUT2D eigenvalue weighted by Gasteiger charge is 2.28. The Morgan fingerprint density at radius 1 is 1.45 bits per heavy atom. The first-order valence-electron chi connectivity index (χ1n) is 6.94. The Labute approximate surface area is 127 Å². The second-order valence-corrected chi connectivity index (χ2v) is 5.22. The number of alkyl halides is 3. The number of nitrogens with one attached hydrogen (secondary N) is 1. The van der Waals surface area contributed by atoms with Crippen LogP contribution in [0.1, 0.15) is 25.8 Å². The highest BCUT2D eigenvalue weighted by molar-refractivity contribution is 5.77. The number of rotatable bonds is 7. The van der Waals surface area contributed by atoms with Crippen LogP contribution >= 0.6 is 0 Å². The molecule has 3 N–H and O–H groups in total. The van der Waals surface area contributed by atoms with Crippen LogP contribution in [0.3, 0.4) is 0 Å². The number of nitrogens with two attached hydrogens (primary N) is 1. The van der Waals surface area contributed by atoms with Crippen LogP contribution in [0.5, 0.6) is 5.88 Å². The predicted octanol–water partition coefficient (Wildman–Crippen LogP) is 2.47. The number of pyridine rings is 1. The molecule has 0 aliphatic rings. The molecule has 1 aromatic rings. The van der Waals surface area contributed by atoms with E-state index in [0.717, 1.165) is 13.0 Å². The molecule has 5 nitrogen and oxygen atoms in total. The molecule has 0 atom stereocenters. The van der Waals surface area contributed by atoms with Crippen LogP contribution < -0.4 is 15.8 Å². The third-order valence-electron chi connectivity index (χ3n) is 2.64. The minimum Gasteiger partial charge on any atom is -0.468 e. The van der Waals surface area contributed by atoms with Crippen molar-refractivity contribution in [2.24, 2.45) is 16.6 Å². The summed E-state index contributed by atoms with van der Waals surface area (Å²) in [4.78, 5) is 7.84. The Morgan fingerprint density at radius 3 is 2.82 bits per heavy atom. The van der Waals surface area contributed by atoms with E-state index in [4.69, 9.17) is 5.73 Å². The molecule has 0 spiro atoms. The third kappa shape index (κ3) is 8.33. The maximum Gasteiger partial charge on any atom is 0.422 e. The zero-order valence-corrected chi connectivity index (χ0v) is 12.7. The maximum absolute atomic E-state index is 12.1. The van der Waals surface area contributed by atoms with Crippen LogP contribution in [0.25, 0.3) is 0 Å². The minimum absolute atomic E-state index is 0.0867. The van der Waals surface area contributed by atoms with Gasteiger partial charge in [-0.3, -0.25) is 0 Å². The summed E-state index contributed by atoms with van der Waals surface area (Å²) in [5.41, 5.74) is 6.37. The zero-order valence-electron chi connectivity index (χ0n) is 12.7. The number of ether oxygens (including phenoxy) is 1. The van der Waals surface area contributed by atoms with E-state index in [2.05, 4.69) is 33.9 Å². The number of aromatic nitrogens is 1. The van der Waals surface area contributed by atoms with E-state index >= 15 is 0 Å². The van der Waals surface area contributed by atoms with E-state index in [1.807, 2.05) is 0 Å². The van der Waals surface area contributed by atoms with Crippen molar-refractivity contribution in [1.82, 2.24) is 10.3 Å². The van der Waals surface area contributed by atoms with Gasteiger partial charge in [0.05, 0.1) is 6.54 Å². The van der Waals surface area contributed by atoms with Crippen molar-refractivity contribution in [2.75, 3.05) is 13.2 Å². The van der Waals surface area contributed by atoms with E-state index < -0.39 is 12.8 Å². The Morgan fingerprint density at radius 2 is 2.18 bits per heavy atom. The van der Waals surface area contributed by atoms with Crippen LogP contribution in [-0.4, -0.2) is 30.3 Å². The first-order chi connectivity index (χ1) is 10.3. The third-order valence-corrected chi connectivity index (χ3v) is 2.64. The summed E-state index contributed by atoms with van der Waals surface area (Å²) in [6.07, 6.45) is -2.04.